The van der Waals surface area contributed by atoms with Crippen LogP contribution in [0.25, 0.3) is 28.2 Å². The number of imidazole rings is 1. The number of nitrogens with one attached hydrogen (secondary N) is 1. The zero-order chi connectivity index (χ0) is 20.5. The van der Waals surface area contributed by atoms with E-state index >= 15 is 0 Å². The summed E-state index contributed by atoms with van der Waals surface area (Å²) in [5, 5.41) is 3.33. The Morgan fingerprint density at radius 1 is 1.03 bits per heavy atom. The highest BCUT2D eigenvalue weighted by Gasteiger charge is 2.20. The smallest absolute Gasteiger partial charge is 0.223 e. The van der Waals surface area contributed by atoms with Crippen LogP contribution in [0.2, 0.25) is 0 Å². The van der Waals surface area contributed by atoms with Gasteiger partial charge in [-0.05, 0) is 49.4 Å². The average molecular weight is 403 g/mol. The van der Waals surface area contributed by atoms with Crippen molar-refractivity contribution in [2.45, 2.75) is 37.8 Å². The van der Waals surface area contributed by atoms with Crippen molar-refractivity contribution >= 4 is 11.6 Å². The molecule has 0 aliphatic heterocycles. The van der Waals surface area contributed by atoms with Gasteiger partial charge in [0.2, 0.25) is 5.95 Å². The molecule has 1 aliphatic carbocycles. The van der Waals surface area contributed by atoms with Gasteiger partial charge in [0.1, 0.15) is 11.3 Å². The van der Waals surface area contributed by atoms with E-state index in [0.29, 0.717) is 17.3 Å². The molecule has 152 valence electrons. The molecule has 0 aromatic carbocycles. The molecular formula is C22H22FN7. The van der Waals surface area contributed by atoms with Crippen molar-refractivity contribution in [2.75, 3.05) is 5.32 Å². The summed E-state index contributed by atoms with van der Waals surface area (Å²) in [6.07, 6.45) is 12.1. The Labute approximate surface area is 173 Å². The van der Waals surface area contributed by atoms with Crippen LogP contribution in [-0.2, 0) is 0 Å². The number of hydrogen-bond acceptors (Lipinski definition) is 6. The second-order valence-electron chi connectivity index (χ2n) is 7.67. The van der Waals surface area contributed by atoms with Gasteiger partial charge in [-0.3, -0.25) is 9.38 Å². The number of nitrogens with two attached hydrogens (primary N) is 1. The molecule has 0 atom stereocenters. The van der Waals surface area contributed by atoms with Gasteiger partial charge in [0.05, 0.1) is 18.1 Å². The predicted molar refractivity (Wildman–Crippen MR) is 113 cm³/mol. The Kier molecular flexibility index (Phi) is 4.84. The molecule has 0 unspecified atom stereocenters. The van der Waals surface area contributed by atoms with Crippen molar-refractivity contribution in [3.63, 3.8) is 0 Å². The summed E-state index contributed by atoms with van der Waals surface area (Å²) >= 11 is 0. The van der Waals surface area contributed by atoms with E-state index < -0.39 is 5.82 Å². The van der Waals surface area contributed by atoms with Crippen molar-refractivity contribution in [1.82, 2.24) is 24.3 Å². The van der Waals surface area contributed by atoms with E-state index in [0.717, 1.165) is 36.8 Å². The van der Waals surface area contributed by atoms with E-state index in [1.54, 1.807) is 18.6 Å². The van der Waals surface area contributed by atoms with Gasteiger partial charge in [-0.15, -0.1) is 0 Å². The normalized spacial score (nSPS) is 19.1. The first-order valence-corrected chi connectivity index (χ1v) is 10.1. The third-order valence-corrected chi connectivity index (χ3v) is 5.60. The second kappa shape index (κ2) is 7.79. The molecule has 7 nitrogen and oxygen atoms in total. The molecule has 0 radical (unpaired) electrons. The molecule has 1 fully saturated rings. The van der Waals surface area contributed by atoms with Gasteiger partial charge in [-0.1, -0.05) is 6.07 Å². The molecule has 5 rings (SSSR count). The maximum Gasteiger partial charge on any atom is 0.223 e. The first kappa shape index (κ1) is 18.6. The van der Waals surface area contributed by atoms with Crippen LogP contribution in [0.5, 0.6) is 0 Å². The van der Waals surface area contributed by atoms with Crippen LogP contribution in [0.15, 0.2) is 55.2 Å². The van der Waals surface area contributed by atoms with Crippen molar-refractivity contribution in [3.8, 4) is 22.5 Å². The molecule has 0 spiro atoms. The van der Waals surface area contributed by atoms with Crippen molar-refractivity contribution in [1.29, 1.82) is 0 Å². The Bertz CT molecular complexity index is 1170. The Balaban J connectivity index is 1.46. The first-order chi connectivity index (χ1) is 14.7. The summed E-state index contributed by atoms with van der Waals surface area (Å²) in [4.78, 5) is 17.2. The van der Waals surface area contributed by atoms with Crippen LogP contribution in [0.1, 0.15) is 25.7 Å². The maximum absolute atomic E-state index is 14.6. The topological polar surface area (TPSA) is 94.0 Å². The minimum atomic E-state index is -0.482. The lowest BCUT2D eigenvalue weighted by Crippen LogP contribution is -2.33. The Hall–Kier alpha value is -3.39. The van der Waals surface area contributed by atoms with Crippen LogP contribution in [0.3, 0.4) is 0 Å². The summed E-state index contributed by atoms with van der Waals surface area (Å²) in [5.74, 6) is -0.0573. The molecule has 4 aromatic heterocycles. The summed E-state index contributed by atoms with van der Waals surface area (Å²) in [6.45, 7) is 0. The SMILES string of the molecule is NC1CCC(Nc2ncc(F)c(-c3cnc4cc(-c5cccnc5)ccn34)n2)CC1. The zero-order valence-corrected chi connectivity index (χ0v) is 16.4. The van der Waals surface area contributed by atoms with E-state index in [1.807, 2.05) is 34.9 Å². The molecule has 30 heavy (non-hydrogen) atoms. The van der Waals surface area contributed by atoms with Crippen molar-refractivity contribution < 1.29 is 4.39 Å². The van der Waals surface area contributed by atoms with Crippen LogP contribution >= 0.6 is 0 Å². The molecule has 0 saturated heterocycles. The number of anilines is 1. The average Bonchev–Trinajstić information content (AvgIpc) is 3.20. The van der Waals surface area contributed by atoms with E-state index in [9.17, 15) is 4.39 Å². The molecule has 0 bridgehead atoms. The van der Waals surface area contributed by atoms with Crippen LogP contribution < -0.4 is 11.1 Å². The molecule has 4 aromatic rings. The summed E-state index contributed by atoms with van der Waals surface area (Å²) in [5.41, 5.74) is 9.48. The number of fused-ring (bicyclic) bond motifs is 1. The van der Waals surface area contributed by atoms with Gasteiger partial charge >= 0.3 is 0 Å². The lowest BCUT2D eigenvalue weighted by molar-refractivity contribution is 0.409. The minimum absolute atomic E-state index is 0.224. The number of aromatic nitrogens is 5. The Morgan fingerprint density at radius 2 is 1.90 bits per heavy atom. The monoisotopic (exact) mass is 403 g/mol. The largest absolute Gasteiger partial charge is 0.351 e. The van der Waals surface area contributed by atoms with Gasteiger partial charge in [-0.25, -0.2) is 19.3 Å². The molecule has 4 heterocycles. The fourth-order valence-corrected chi connectivity index (χ4v) is 3.93. The molecule has 1 saturated carbocycles. The molecular weight excluding hydrogens is 381 g/mol. The van der Waals surface area contributed by atoms with Crippen LogP contribution in [0, 0.1) is 5.82 Å². The highest BCUT2D eigenvalue weighted by Crippen LogP contribution is 2.26. The zero-order valence-electron chi connectivity index (χ0n) is 16.4. The van der Waals surface area contributed by atoms with Gasteiger partial charge in [0.25, 0.3) is 0 Å². The van der Waals surface area contributed by atoms with Crippen LogP contribution in [-0.4, -0.2) is 36.4 Å². The van der Waals surface area contributed by atoms with Gasteiger partial charge in [-0.2, -0.15) is 0 Å². The predicted octanol–water partition coefficient (Wildman–Crippen LogP) is 3.67. The second-order valence-corrected chi connectivity index (χ2v) is 7.67. The fraction of sp³-hybridized carbons (Fsp3) is 0.273. The standard InChI is InChI=1S/C22H22FN7/c23-18-12-27-22(28-17-5-3-16(24)4-6-17)29-21(18)19-13-26-20-10-14(7-9-30(19)20)15-2-1-8-25-11-15/h1-2,7-13,16-17H,3-6,24H2,(H,27,28,29). The Morgan fingerprint density at radius 3 is 2.70 bits per heavy atom. The summed E-state index contributed by atoms with van der Waals surface area (Å²) in [6, 6.07) is 8.31. The van der Waals surface area contributed by atoms with E-state index in [4.69, 9.17) is 5.73 Å². The maximum atomic E-state index is 14.6. The third kappa shape index (κ3) is 3.61. The van der Waals surface area contributed by atoms with Gasteiger partial charge < -0.3 is 11.1 Å². The fourth-order valence-electron chi connectivity index (χ4n) is 3.93. The highest BCUT2D eigenvalue weighted by molar-refractivity contribution is 5.69. The number of rotatable bonds is 4. The van der Waals surface area contributed by atoms with Crippen molar-refractivity contribution in [2.24, 2.45) is 5.73 Å². The summed E-state index contributed by atoms with van der Waals surface area (Å²) < 4.78 is 16.4. The highest BCUT2D eigenvalue weighted by atomic mass is 19.1. The molecule has 1 aliphatic rings. The number of nitrogens with zero attached hydrogens (tertiary/aromatic N) is 5. The summed E-state index contributed by atoms with van der Waals surface area (Å²) in [7, 11) is 0. The number of halogens is 1. The van der Waals surface area contributed by atoms with Gasteiger partial charge in [0, 0.05) is 36.2 Å². The molecule has 3 N–H and O–H groups in total. The van der Waals surface area contributed by atoms with Gasteiger partial charge in [0.15, 0.2) is 5.82 Å². The lowest BCUT2D eigenvalue weighted by atomic mass is 9.92. The first-order valence-electron chi connectivity index (χ1n) is 10.1. The number of pyridine rings is 2. The quantitative estimate of drug-likeness (QED) is 0.540. The minimum Gasteiger partial charge on any atom is -0.351 e. The third-order valence-electron chi connectivity index (χ3n) is 5.60. The van der Waals surface area contributed by atoms with Crippen molar-refractivity contribution in [3.05, 3.63) is 61.1 Å². The molecule has 0 amide bonds. The van der Waals surface area contributed by atoms with E-state index in [2.05, 4.69) is 25.3 Å². The van der Waals surface area contributed by atoms with Crippen LogP contribution in [0.4, 0.5) is 10.3 Å². The van der Waals surface area contributed by atoms with E-state index in [-0.39, 0.29) is 17.8 Å². The lowest BCUT2D eigenvalue weighted by Gasteiger charge is -2.26. The number of hydrogen-bond donors (Lipinski definition) is 2. The van der Waals surface area contributed by atoms with E-state index in [1.165, 1.54) is 6.20 Å². The molecule has 8 heteroatoms.